The number of hydrogen-bond donors (Lipinski definition) is 2. The quantitative estimate of drug-likeness (QED) is 0.817. The fourth-order valence-electron chi connectivity index (χ4n) is 1.29. The average Bonchev–Trinajstić information content (AvgIpc) is 2.37. The summed E-state index contributed by atoms with van der Waals surface area (Å²) in [5.74, 6) is 0.259. The normalized spacial score (nSPS) is 11.4. The highest BCUT2D eigenvalue weighted by molar-refractivity contribution is 5.97. The Morgan fingerprint density at radius 2 is 2.24 bits per heavy atom. The van der Waals surface area contributed by atoms with Crippen LogP contribution in [0.5, 0.6) is 5.75 Å². The number of benzene rings is 1. The third kappa shape index (κ3) is 2.95. The van der Waals surface area contributed by atoms with Gasteiger partial charge in [-0.2, -0.15) is 5.26 Å². The molecule has 0 bridgehead atoms. The number of likely N-dealkylation sites (N-methyl/N-ethyl adjacent to an activating group) is 1. The summed E-state index contributed by atoms with van der Waals surface area (Å²) >= 11 is 0. The molecule has 0 spiro atoms. The standard InChI is InChI=1S/C12H15N3O2/c1-8(14-2)12(16)15-11-9(7-13)5-4-6-10(11)17-3/h4-6,8,14H,1-3H3,(H,15,16). The van der Waals surface area contributed by atoms with Crippen molar-refractivity contribution in [2.24, 2.45) is 0 Å². The lowest BCUT2D eigenvalue weighted by molar-refractivity contribution is -0.117. The van der Waals surface area contributed by atoms with Crippen LogP contribution in [-0.2, 0) is 4.79 Å². The van der Waals surface area contributed by atoms with Crippen molar-refractivity contribution in [3.8, 4) is 11.8 Å². The third-order valence-electron chi connectivity index (χ3n) is 2.44. The molecule has 0 radical (unpaired) electrons. The van der Waals surface area contributed by atoms with Crippen LogP contribution >= 0.6 is 0 Å². The summed E-state index contributed by atoms with van der Waals surface area (Å²) in [6, 6.07) is 6.70. The van der Waals surface area contributed by atoms with Crippen molar-refractivity contribution in [1.29, 1.82) is 5.26 Å². The molecule has 1 aromatic carbocycles. The number of rotatable bonds is 4. The van der Waals surface area contributed by atoms with E-state index in [9.17, 15) is 4.79 Å². The highest BCUT2D eigenvalue weighted by Crippen LogP contribution is 2.27. The van der Waals surface area contributed by atoms with Crippen molar-refractivity contribution in [3.05, 3.63) is 23.8 Å². The average molecular weight is 233 g/mol. The van der Waals surface area contributed by atoms with Crippen LogP contribution in [0, 0.1) is 11.3 Å². The van der Waals surface area contributed by atoms with Crippen LogP contribution in [0.4, 0.5) is 5.69 Å². The molecular formula is C12H15N3O2. The van der Waals surface area contributed by atoms with Gasteiger partial charge in [-0.05, 0) is 26.1 Å². The maximum atomic E-state index is 11.7. The second-order valence-electron chi connectivity index (χ2n) is 3.49. The van der Waals surface area contributed by atoms with Gasteiger partial charge >= 0.3 is 0 Å². The van der Waals surface area contributed by atoms with Crippen molar-refractivity contribution in [2.45, 2.75) is 13.0 Å². The van der Waals surface area contributed by atoms with E-state index in [1.165, 1.54) is 7.11 Å². The lowest BCUT2D eigenvalue weighted by Gasteiger charge is -2.14. The minimum absolute atomic E-state index is 0.214. The topological polar surface area (TPSA) is 74.2 Å². The first-order valence-electron chi connectivity index (χ1n) is 5.19. The molecule has 0 fully saturated rings. The highest BCUT2D eigenvalue weighted by Gasteiger charge is 2.15. The Labute approximate surface area is 100 Å². The Morgan fingerprint density at radius 3 is 2.76 bits per heavy atom. The van der Waals surface area contributed by atoms with E-state index in [0.29, 0.717) is 17.0 Å². The molecule has 1 aromatic rings. The Bertz CT molecular complexity index is 452. The van der Waals surface area contributed by atoms with Gasteiger partial charge in [-0.15, -0.1) is 0 Å². The summed E-state index contributed by atoms with van der Waals surface area (Å²) in [6.45, 7) is 1.73. The molecule has 2 N–H and O–H groups in total. The van der Waals surface area contributed by atoms with Gasteiger partial charge in [0.15, 0.2) is 0 Å². The number of hydrogen-bond acceptors (Lipinski definition) is 4. The Morgan fingerprint density at radius 1 is 1.53 bits per heavy atom. The number of nitriles is 1. The van der Waals surface area contributed by atoms with Crippen molar-refractivity contribution in [3.63, 3.8) is 0 Å². The number of methoxy groups -OCH3 is 1. The summed E-state index contributed by atoms with van der Waals surface area (Å²) in [5.41, 5.74) is 0.783. The highest BCUT2D eigenvalue weighted by atomic mass is 16.5. The summed E-state index contributed by atoms with van der Waals surface area (Å²) in [6.07, 6.45) is 0. The molecule has 1 amide bonds. The van der Waals surface area contributed by atoms with Gasteiger partial charge in [-0.1, -0.05) is 6.07 Å². The first-order valence-corrected chi connectivity index (χ1v) is 5.19. The molecule has 0 aliphatic heterocycles. The maximum Gasteiger partial charge on any atom is 0.241 e. The minimum Gasteiger partial charge on any atom is -0.495 e. The molecule has 0 aromatic heterocycles. The van der Waals surface area contributed by atoms with Crippen LogP contribution in [0.3, 0.4) is 0 Å². The Kier molecular flexibility index (Phi) is 4.49. The van der Waals surface area contributed by atoms with Gasteiger partial charge in [0.2, 0.25) is 5.91 Å². The molecule has 0 saturated heterocycles. The smallest absolute Gasteiger partial charge is 0.241 e. The number of nitrogens with zero attached hydrogens (tertiary/aromatic N) is 1. The molecule has 5 heteroatoms. The fraction of sp³-hybridized carbons (Fsp3) is 0.333. The second-order valence-corrected chi connectivity index (χ2v) is 3.49. The Hall–Kier alpha value is -2.06. The van der Waals surface area contributed by atoms with E-state index in [1.54, 1.807) is 32.2 Å². The summed E-state index contributed by atoms with van der Waals surface area (Å²) in [5, 5.41) is 14.5. The first-order chi connectivity index (χ1) is 8.13. The predicted octanol–water partition coefficient (Wildman–Crippen LogP) is 1.11. The fourth-order valence-corrected chi connectivity index (χ4v) is 1.29. The molecule has 1 rings (SSSR count). The van der Waals surface area contributed by atoms with E-state index in [-0.39, 0.29) is 11.9 Å². The number of ether oxygens (including phenoxy) is 1. The van der Waals surface area contributed by atoms with Crippen LogP contribution in [0.25, 0.3) is 0 Å². The van der Waals surface area contributed by atoms with Crippen LogP contribution in [0.2, 0.25) is 0 Å². The summed E-state index contributed by atoms with van der Waals surface area (Å²) in [4.78, 5) is 11.7. The monoisotopic (exact) mass is 233 g/mol. The van der Waals surface area contributed by atoms with Gasteiger partial charge < -0.3 is 15.4 Å². The van der Waals surface area contributed by atoms with Crippen LogP contribution in [0.1, 0.15) is 12.5 Å². The van der Waals surface area contributed by atoms with Gasteiger partial charge in [-0.3, -0.25) is 4.79 Å². The summed E-state index contributed by atoms with van der Waals surface area (Å²) in [7, 11) is 3.19. The van der Waals surface area contributed by atoms with Crippen molar-refractivity contribution in [2.75, 3.05) is 19.5 Å². The van der Waals surface area contributed by atoms with Gasteiger partial charge in [0.1, 0.15) is 17.5 Å². The lowest BCUT2D eigenvalue weighted by atomic mass is 10.1. The molecular weight excluding hydrogens is 218 g/mol. The molecule has 90 valence electrons. The van der Waals surface area contributed by atoms with Crippen LogP contribution in [0.15, 0.2) is 18.2 Å². The largest absolute Gasteiger partial charge is 0.495 e. The molecule has 0 heterocycles. The zero-order valence-corrected chi connectivity index (χ0v) is 10.1. The van der Waals surface area contributed by atoms with E-state index in [2.05, 4.69) is 10.6 Å². The van der Waals surface area contributed by atoms with Crippen molar-refractivity contribution < 1.29 is 9.53 Å². The van der Waals surface area contributed by atoms with E-state index < -0.39 is 0 Å². The molecule has 0 aliphatic rings. The molecule has 0 saturated carbocycles. The molecule has 0 aliphatic carbocycles. The number of carbonyl (C=O) groups is 1. The van der Waals surface area contributed by atoms with Gasteiger partial charge in [-0.25, -0.2) is 0 Å². The molecule has 17 heavy (non-hydrogen) atoms. The van der Waals surface area contributed by atoms with Gasteiger partial charge in [0, 0.05) is 0 Å². The van der Waals surface area contributed by atoms with E-state index in [0.717, 1.165) is 0 Å². The van der Waals surface area contributed by atoms with E-state index in [4.69, 9.17) is 10.00 Å². The van der Waals surface area contributed by atoms with E-state index in [1.807, 2.05) is 6.07 Å². The number of nitrogens with one attached hydrogen (secondary N) is 2. The molecule has 5 nitrogen and oxygen atoms in total. The van der Waals surface area contributed by atoms with Crippen LogP contribution < -0.4 is 15.4 Å². The zero-order chi connectivity index (χ0) is 12.8. The lowest BCUT2D eigenvalue weighted by Crippen LogP contribution is -2.35. The first kappa shape index (κ1) is 13.0. The van der Waals surface area contributed by atoms with Crippen molar-refractivity contribution in [1.82, 2.24) is 5.32 Å². The summed E-state index contributed by atoms with van der Waals surface area (Å²) < 4.78 is 5.12. The molecule has 1 atom stereocenters. The molecule has 1 unspecified atom stereocenters. The number of amides is 1. The predicted molar refractivity (Wildman–Crippen MR) is 64.9 cm³/mol. The van der Waals surface area contributed by atoms with Crippen molar-refractivity contribution >= 4 is 11.6 Å². The zero-order valence-electron chi connectivity index (χ0n) is 10.1. The third-order valence-corrected chi connectivity index (χ3v) is 2.44. The second kappa shape index (κ2) is 5.87. The van der Waals surface area contributed by atoms with Gasteiger partial charge in [0.05, 0.1) is 18.7 Å². The Balaban J connectivity index is 3.04. The SMILES string of the molecule is CNC(C)C(=O)Nc1c(C#N)cccc1OC. The van der Waals surface area contributed by atoms with E-state index >= 15 is 0 Å². The maximum absolute atomic E-state index is 11.7. The minimum atomic E-state index is -0.341. The number of anilines is 1. The van der Waals surface area contributed by atoms with Gasteiger partial charge in [0.25, 0.3) is 0 Å². The number of para-hydroxylation sites is 1. The van der Waals surface area contributed by atoms with Crippen LogP contribution in [-0.4, -0.2) is 26.1 Å². The number of carbonyl (C=O) groups excluding carboxylic acids is 1.